The molecule has 0 atom stereocenters. The van der Waals surface area contributed by atoms with Crippen LogP contribution in [0.2, 0.25) is 0 Å². The van der Waals surface area contributed by atoms with Crippen LogP contribution in [0.15, 0.2) is 76.7 Å². The largest absolute Gasteiger partial charge is 0.494 e. The maximum Gasteiger partial charge on any atom is 0.266 e. The molecule has 0 aliphatic heterocycles. The van der Waals surface area contributed by atoms with E-state index in [1.807, 2.05) is 49.4 Å². The zero-order valence-electron chi connectivity index (χ0n) is 17.2. The number of halogens is 1. The number of fused-ring (bicyclic) bond motifs is 1. The monoisotopic (exact) mass is 436 g/mol. The van der Waals surface area contributed by atoms with Gasteiger partial charge in [0.15, 0.2) is 16.7 Å². The topological polar surface area (TPSA) is 53.4 Å². The minimum absolute atomic E-state index is 0.154. The van der Waals surface area contributed by atoms with E-state index in [1.54, 1.807) is 22.8 Å². The molecular weight excluding hydrogens is 415 g/mol. The van der Waals surface area contributed by atoms with Crippen molar-refractivity contribution in [3.8, 4) is 17.2 Å². The smallest absolute Gasteiger partial charge is 0.266 e. The highest BCUT2D eigenvalue weighted by molar-refractivity contribution is 7.98. The molecule has 0 fully saturated rings. The third-order valence-corrected chi connectivity index (χ3v) is 5.74. The van der Waals surface area contributed by atoms with Gasteiger partial charge in [0.25, 0.3) is 5.56 Å². The summed E-state index contributed by atoms with van der Waals surface area (Å²) in [5.41, 5.74) is 1.93. The molecule has 3 aromatic carbocycles. The summed E-state index contributed by atoms with van der Waals surface area (Å²) in [6.07, 6.45) is 0. The van der Waals surface area contributed by atoms with E-state index in [1.165, 1.54) is 24.9 Å². The third-order valence-electron chi connectivity index (χ3n) is 4.73. The predicted octanol–water partition coefficient (Wildman–Crippen LogP) is 5.22. The van der Waals surface area contributed by atoms with Crippen molar-refractivity contribution in [2.24, 2.45) is 0 Å². The summed E-state index contributed by atoms with van der Waals surface area (Å²) in [5, 5.41) is 1.07. The van der Waals surface area contributed by atoms with Gasteiger partial charge in [0.2, 0.25) is 0 Å². The Morgan fingerprint density at radius 2 is 1.84 bits per heavy atom. The molecule has 0 saturated heterocycles. The molecular formula is C24H21FN2O3S. The molecule has 158 valence electrons. The van der Waals surface area contributed by atoms with Crippen LogP contribution < -0.4 is 15.0 Å². The lowest BCUT2D eigenvalue weighted by molar-refractivity contribution is 0.340. The average molecular weight is 437 g/mol. The Hall–Kier alpha value is -3.32. The van der Waals surface area contributed by atoms with E-state index in [0.29, 0.717) is 34.1 Å². The molecule has 0 bridgehead atoms. The van der Waals surface area contributed by atoms with E-state index in [-0.39, 0.29) is 11.3 Å². The van der Waals surface area contributed by atoms with Crippen molar-refractivity contribution < 1.29 is 13.9 Å². The van der Waals surface area contributed by atoms with Gasteiger partial charge in [0.05, 0.1) is 30.3 Å². The quantitative estimate of drug-likeness (QED) is 0.294. The Bertz CT molecular complexity index is 1270. The maximum atomic E-state index is 14.1. The van der Waals surface area contributed by atoms with Gasteiger partial charge >= 0.3 is 0 Å². The second-order valence-corrected chi connectivity index (χ2v) is 7.68. The van der Waals surface area contributed by atoms with Crippen LogP contribution in [-0.2, 0) is 5.75 Å². The number of nitrogens with zero attached hydrogens (tertiary/aromatic N) is 2. The Kier molecular flexibility index (Phi) is 6.23. The molecule has 0 unspecified atom stereocenters. The van der Waals surface area contributed by atoms with Crippen molar-refractivity contribution in [2.45, 2.75) is 17.8 Å². The second kappa shape index (κ2) is 9.22. The molecule has 0 N–H and O–H groups in total. The molecule has 4 aromatic rings. The van der Waals surface area contributed by atoms with Gasteiger partial charge in [-0.3, -0.25) is 9.36 Å². The molecule has 0 amide bonds. The van der Waals surface area contributed by atoms with E-state index >= 15 is 0 Å². The summed E-state index contributed by atoms with van der Waals surface area (Å²) < 4.78 is 26.2. The minimum Gasteiger partial charge on any atom is -0.494 e. The van der Waals surface area contributed by atoms with Crippen LogP contribution in [0.4, 0.5) is 4.39 Å². The molecule has 1 aromatic heterocycles. The van der Waals surface area contributed by atoms with Gasteiger partial charge in [-0.15, -0.1) is 0 Å². The van der Waals surface area contributed by atoms with Gasteiger partial charge in [0, 0.05) is 5.75 Å². The van der Waals surface area contributed by atoms with E-state index in [0.717, 1.165) is 11.3 Å². The first-order valence-corrected chi connectivity index (χ1v) is 10.8. The zero-order valence-corrected chi connectivity index (χ0v) is 18.0. The molecule has 31 heavy (non-hydrogen) atoms. The lowest BCUT2D eigenvalue weighted by atomic mass is 10.2. The van der Waals surface area contributed by atoms with Crippen LogP contribution in [0.25, 0.3) is 16.6 Å². The fraction of sp³-hybridized carbons (Fsp3) is 0.167. The summed E-state index contributed by atoms with van der Waals surface area (Å²) in [6, 6.07) is 19.4. The Balaban J connectivity index is 1.75. The number of para-hydroxylation sites is 1. The van der Waals surface area contributed by atoms with Crippen molar-refractivity contribution in [3.63, 3.8) is 0 Å². The van der Waals surface area contributed by atoms with Gasteiger partial charge in [-0.1, -0.05) is 30.0 Å². The Morgan fingerprint density at radius 1 is 1.06 bits per heavy atom. The number of methoxy groups -OCH3 is 1. The summed E-state index contributed by atoms with van der Waals surface area (Å²) in [6.45, 7) is 2.48. The molecule has 0 aliphatic carbocycles. The summed E-state index contributed by atoms with van der Waals surface area (Å²) in [7, 11) is 1.43. The SMILES string of the molecule is CCOc1ccc(-n2c(SCc3ccc(OC)c(F)c3)nc3ccccc3c2=O)cc1. The fourth-order valence-electron chi connectivity index (χ4n) is 3.24. The second-order valence-electron chi connectivity index (χ2n) is 6.74. The molecule has 4 rings (SSSR count). The first-order valence-electron chi connectivity index (χ1n) is 9.81. The van der Waals surface area contributed by atoms with E-state index in [2.05, 4.69) is 0 Å². The van der Waals surface area contributed by atoms with Crippen LogP contribution in [0.3, 0.4) is 0 Å². The Morgan fingerprint density at radius 3 is 2.55 bits per heavy atom. The summed E-state index contributed by atoms with van der Waals surface area (Å²) in [5.74, 6) is 0.957. The third kappa shape index (κ3) is 4.41. The maximum absolute atomic E-state index is 14.1. The van der Waals surface area contributed by atoms with Gasteiger partial charge in [-0.2, -0.15) is 0 Å². The average Bonchev–Trinajstić information content (AvgIpc) is 2.79. The van der Waals surface area contributed by atoms with E-state index in [4.69, 9.17) is 14.5 Å². The van der Waals surface area contributed by atoms with Gasteiger partial charge < -0.3 is 9.47 Å². The standard InChI is InChI=1S/C24H21FN2O3S/c1-3-30-18-11-9-17(10-12-18)27-23(28)19-6-4-5-7-21(19)26-24(27)31-15-16-8-13-22(29-2)20(25)14-16/h4-14H,3,15H2,1-2H3. The summed E-state index contributed by atoms with van der Waals surface area (Å²) in [4.78, 5) is 18.0. The van der Waals surface area contributed by atoms with Crippen molar-refractivity contribution in [3.05, 3.63) is 88.5 Å². The predicted molar refractivity (Wildman–Crippen MR) is 121 cm³/mol. The number of hydrogen-bond acceptors (Lipinski definition) is 5. The normalized spacial score (nSPS) is 10.9. The van der Waals surface area contributed by atoms with Gasteiger partial charge in [-0.05, 0) is 61.0 Å². The van der Waals surface area contributed by atoms with Gasteiger partial charge in [0.1, 0.15) is 5.75 Å². The van der Waals surface area contributed by atoms with Crippen LogP contribution in [0.1, 0.15) is 12.5 Å². The number of hydrogen-bond donors (Lipinski definition) is 0. The lowest BCUT2D eigenvalue weighted by Gasteiger charge is -2.14. The van der Waals surface area contributed by atoms with Crippen LogP contribution in [0.5, 0.6) is 11.5 Å². The molecule has 7 heteroatoms. The molecule has 1 heterocycles. The van der Waals surface area contributed by atoms with Crippen LogP contribution in [-0.4, -0.2) is 23.3 Å². The highest BCUT2D eigenvalue weighted by Gasteiger charge is 2.14. The lowest BCUT2D eigenvalue weighted by Crippen LogP contribution is -2.21. The molecule has 0 spiro atoms. The highest BCUT2D eigenvalue weighted by atomic mass is 32.2. The minimum atomic E-state index is -0.420. The number of thioether (sulfide) groups is 1. The zero-order chi connectivity index (χ0) is 21.8. The van der Waals surface area contributed by atoms with E-state index < -0.39 is 5.82 Å². The Labute approximate surface area is 183 Å². The first-order chi connectivity index (χ1) is 15.1. The number of rotatable bonds is 7. The van der Waals surface area contributed by atoms with Crippen LogP contribution in [0, 0.1) is 5.82 Å². The van der Waals surface area contributed by atoms with Gasteiger partial charge in [-0.25, -0.2) is 9.37 Å². The number of ether oxygens (including phenoxy) is 2. The number of aromatic nitrogens is 2. The van der Waals surface area contributed by atoms with Crippen molar-refractivity contribution >= 4 is 22.7 Å². The fourth-order valence-corrected chi connectivity index (χ4v) is 4.20. The highest BCUT2D eigenvalue weighted by Crippen LogP contribution is 2.27. The first kappa shape index (κ1) is 20.9. The van der Waals surface area contributed by atoms with Crippen LogP contribution >= 0.6 is 11.8 Å². The van der Waals surface area contributed by atoms with Crippen molar-refractivity contribution in [1.29, 1.82) is 0 Å². The molecule has 0 saturated carbocycles. The van der Waals surface area contributed by atoms with Crippen molar-refractivity contribution in [1.82, 2.24) is 9.55 Å². The number of benzene rings is 3. The molecule has 0 radical (unpaired) electrons. The summed E-state index contributed by atoms with van der Waals surface area (Å²) >= 11 is 1.37. The molecule has 0 aliphatic rings. The molecule has 5 nitrogen and oxygen atoms in total. The van der Waals surface area contributed by atoms with Crippen molar-refractivity contribution in [2.75, 3.05) is 13.7 Å². The van der Waals surface area contributed by atoms with E-state index in [9.17, 15) is 9.18 Å².